The van der Waals surface area contributed by atoms with Gasteiger partial charge in [0.2, 0.25) is 5.78 Å². The van der Waals surface area contributed by atoms with Crippen molar-refractivity contribution in [2.45, 2.75) is 6.92 Å². The van der Waals surface area contributed by atoms with E-state index >= 15 is 0 Å². The average molecular weight is 278 g/mol. The van der Waals surface area contributed by atoms with E-state index in [0.29, 0.717) is 11.1 Å². The highest BCUT2D eigenvalue weighted by molar-refractivity contribution is 6.35. The van der Waals surface area contributed by atoms with Gasteiger partial charge < -0.3 is 4.74 Å². The number of rotatable bonds is 3. The number of carbonyl (C=O) groups excluding carboxylic acids is 2. The Morgan fingerprint density at radius 1 is 0.952 bits per heavy atom. The third-order valence-corrected chi connectivity index (χ3v) is 3.46. The van der Waals surface area contributed by atoms with Gasteiger partial charge in [0.15, 0.2) is 0 Å². The van der Waals surface area contributed by atoms with E-state index in [2.05, 4.69) is 0 Å². The zero-order chi connectivity index (χ0) is 14.8. The van der Waals surface area contributed by atoms with Crippen LogP contribution in [0.4, 0.5) is 0 Å². The number of Topliss-reactive ketones (excluding diaryl/α,β-unsaturated/α-hetero) is 1. The number of benzene rings is 2. The van der Waals surface area contributed by atoms with Gasteiger partial charge in [-0.15, -0.1) is 0 Å². The molecule has 0 atom stereocenters. The molecule has 3 heteroatoms. The van der Waals surface area contributed by atoms with Crippen molar-refractivity contribution in [3.8, 4) is 0 Å². The van der Waals surface area contributed by atoms with Crippen LogP contribution in [0, 0.1) is 0 Å². The SMILES string of the molecule is CCOC(=O)C1=C(c2ccccc2)c2ccccc2C1=O. The zero-order valence-electron chi connectivity index (χ0n) is 11.6. The summed E-state index contributed by atoms with van der Waals surface area (Å²) in [5.41, 5.74) is 2.98. The predicted octanol–water partition coefficient (Wildman–Crippen LogP) is 3.25. The van der Waals surface area contributed by atoms with E-state index in [1.54, 1.807) is 19.1 Å². The molecule has 0 bridgehead atoms. The molecule has 0 aromatic heterocycles. The molecule has 1 aliphatic rings. The second-order valence-electron chi connectivity index (χ2n) is 4.71. The number of carbonyl (C=O) groups is 2. The lowest BCUT2D eigenvalue weighted by Gasteiger charge is -2.07. The van der Waals surface area contributed by atoms with Crippen LogP contribution in [0.1, 0.15) is 28.4 Å². The van der Waals surface area contributed by atoms with Gasteiger partial charge in [-0.1, -0.05) is 54.6 Å². The predicted molar refractivity (Wildman–Crippen MR) is 79.9 cm³/mol. The van der Waals surface area contributed by atoms with Crippen LogP contribution >= 0.6 is 0 Å². The van der Waals surface area contributed by atoms with E-state index in [-0.39, 0.29) is 18.0 Å². The van der Waals surface area contributed by atoms with Gasteiger partial charge in [0, 0.05) is 11.1 Å². The molecule has 0 spiro atoms. The smallest absolute Gasteiger partial charge is 0.342 e. The molecule has 0 unspecified atom stereocenters. The molecule has 0 heterocycles. The summed E-state index contributed by atoms with van der Waals surface area (Å²) in [4.78, 5) is 24.7. The molecule has 2 aromatic carbocycles. The minimum absolute atomic E-state index is 0.129. The highest BCUT2D eigenvalue weighted by Gasteiger charge is 2.35. The second-order valence-corrected chi connectivity index (χ2v) is 4.71. The molecule has 0 N–H and O–H groups in total. The van der Waals surface area contributed by atoms with Crippen molar-refractivity contribution in [2.75, 3.05) is 6.61 Å². The summed E-state index contributed by atoms with van der Waals surface area (Å²) in [6.45, 7) is 1.97. The molecule has 3 nitrogen and oxygen atoms in total. The maximum atomic E-state index is 12.5. The number of esters is 1. The van der Waals surface area contributed by atoms with Gasteiger partial charge in [0.25, 0.3) is 0 Å². The second kappa shape index (κ2) is 5.37. The topological polar surface area (TPSA) is 43.4 Å². The van der Waals surface area contributed by atoms with Crippen molar-refractivity contribution in [1.29, 1.82) is 0 Å². The van der Waals surface area contributed by atoms with Crippen LogP contribution in [0.3, 0.4) is 0 Å². The highest BCUT2D eigenvalue weighted by atomic mass is 16.5. The molecule has 3 rings (SSSR count). The Morgan fingerprint density at radius 3 is 2.24 bits per heavy atom. The van der Waals surface area contributed by atoms with Crippen LogP contribution in [-0.4, -0.2) is 18.4 Å². The average Bonchev–Trinajstić information content (AvgIpc) is 2.82. The number of ketones is 1. The minimum atomic E-state index is -0.558. The Hall–Kier alpha value is -2.68. The summed E-state index contributed by atoms with van der Waals surface area (Å²) in [7, 11) is 0. The van der Waals surface area contributed by atoms with E-state index in [0.717, 1.165) is 11.1 Å². The maximum Gasteiger partial charge on any atom is 0.342 e. The third kappa shape index (κ3) is 2.17. The lowest BCUT2D eigenvalue weighted by atomic mass is 9.97. The summed E-state index contributed by atoms with van der Waals surface area (Å²) in [6, 6.07) is 16.7. The third-order valence-electron chi connectivity index (χ3n) is 3.46. The Morgan fingerprint density at radius 2 is 1.57 bits per heavy atom. The first-order valence-electron chi connectivity index (χ1n) is 6.85. The van der Waals surface area contributed by atoms with Gasteiger partial charge in [0.1, 0.15) is 5.57 Å². The quantitative estimate of drug-likeness (QED) is 0.639. The normalized spacial score (nSPS) is 13.3. The fraction of sp³-hybridized carbons (Fsp3) is 0.111. The van der Waals surface area contributed by atoms with Gasteiger partial charge >= 0.3 is 5.97 Å². The van der Waals surface area contributed by atoms with Crippen molar-refractivity contribution in [2.24, 2.45) is 0 Å². The summed E-state index contributed by atoms with van der Waals surface area (Å²) in [6.07, 6.45) is 0. The molecule has 104 valence electrons. The first kappa shape index (κ1) is 13.3. The zero-order valence-corrected chi connectivity index (χ0v) is 11.6. The van der Waals surface area contributed by atoms with Gasteiger partial charge in [-0.3, -0.25) is 4.79 Å². The minimum Gasteiger partial charge on any atom is -0.462 e. The van der Waals surface area contributed by atoms with Crippen LogP contribution < -0.4 is 0 Å². The summed E-state index contributed by atoms with van der Waals surface area (Å²) in [5.74, 6) is -0.819. The van der Waals surface area contributed by atoms with Gasteiger partial charge in [-0.2, -0.15) is 0 Å². The number of hydrogen-bond donors (Lipinski definition) is 0. The van der Waals surface area contributed by atoms with Crippen LogP contribution in [-0.2, 0) is 9.53 Å². The standard InChI is InChI=1S/C18H14O3/c1-2-21-18(20)16-15(12-8-4-3-5-9-12)13-10-6-7-11-14(13)17(16)19/h3-11H,2H2,1H3. The van der Waals surface area contributed by atoms with Gasteiger partial charge in [0.05, 0.1) is 6.61 Å². The van der Waals surface area contributed by atoms with Crippen LogP contribution in [0.15, 0.2) is 60.2 Å². The molecular formula is C18H14O3. The van der Waals surface area contributed by atoms with E-state index in [4.69, 9.17) is 4.74 Å². The first-order valence-corrected chi connectivity index (χ1v) is 6.85. The summed E-state index contributed by atoms with van der Waals surface area (Å²) >= 11 is 0. The monoisotopic (exact) mass is 278 g/mol. The fourth-order valence-electron chi connectivity index (χ4n) is 2.58. The molecule has 0 saturated carbocycles. The van der Waals surface area contributed by atoms with Crippen molar-refractivity contribution in [3.63, 3.8) is 0 Å². The largest absolute Gasteiger partial charge is 0.462 e. The summed E-state index contributed by atoms with van der Waals surface area (Å²) in [5, 5.41) is 0. The molecule has 0 radical (unpaired) electrons. The van der Waals surface area contributed by atoms with Crippen molar-refractivity contribution in [1.82, 2.24) is 0 Å². The Bertz CT molecular complexity index is 742. The molecule has 0 amide bonds. The van der Waals surface area contributed by atoms with E-state index in [1.807, 2.05) is 42.5 Å². The van der Waals surface area contributed by atoms with E-state index in [1.165, 1.54) is 0 Å². The summed E-state index contributed by atoms with van der Waals surface area (Å²) < 4.78 is 5.06. The lowest BCUT2D eigenvalue weighted by molar-refractivity contribution is -0.137. The lowest BCUT2D eigenvalue weighted by Crippen LogP contribution is -2.14. The molecular weight excluding hydrogens is 264 g/mol. The molecule has 21 heavy (non-hydrogen) atoms. The molecule has 1 aliphatic carbocycles. The van der Waals surface area contributed by atoms with Crippen LogP contribution in [0.5, 0.6) is 0 Å². The molecule has 0 saturated heterocycles. The number of hydrogen-bond acceptors (Lipinski definition) is 3. The first-order chi connectivity index (χ1) is 10.2. The van der Waals surface area contributed by atoms with Crippen LogP contribution in [0.25, 0.3) is 5.57 Å². The Kier molecular flexibility index (Phi) is 3.40. The van der Waals surface area contributed by atoms with Crippen molar-refractivity contribution < 1.29 is 14.3 Å². The molecule has 0 aliphatic heterocycles. The van der Waals surface area contributed by atoms with E-state index in [9.17, 15) is 9.59 Å². The maximum absolute atomic E-state index is 12.5. The van der Waals surface area contributed by atoms with Gasteiger partial charge in [-0.25, -0.2) is 4.79 Å². The molecule has 2 aromatic rings. The van der Waals surface area contributed by atoms with Crippen LogP contribution in [0.2, 0.25) is 0 Å². The van der Waals surface area contributed by atoms with E-state index < -0.39 is 5.97 Å². The fourth-order valence-corrected chi connectivity index (χ4v) is 2.58. The highest BCUT2D eigenvalue weighted by Crippen LogP contribution is 2.37. The molecule has 0 fully saturated rings. The van der Waals surface area contributed by atoms with Crippen molar-refractivity contribution >= 4 is 17.3 Å². The Labute approximate surface area is 122 Å². The van der Waals surface area contributed by atoms with Crippen molar-refractivity contribution in [3.05, 3.63) is 76.9 Å². The number of ether oxygens (including phenoxy) is 1. The van der Waals surface area contributed by atoms with Gasteiger partial charge in [-0.05, 0) is 18.1 Å². The Balaban J connectivity index is 2.25. The number of fused-ring (bicyclic) bond motifs is 1.